The maximum absolute atomic E-state index is 12.7. The number of benzene rings is 3. The number of carbonyl (C=O) groups excluding carboxylic acids is 1. The summed E-state index contributed by atoms with van der Waals surface area (Å²) in [5.41, 5.74) is 4.62. The smallest absolute Gasteiger partial charge is 0.343 e. The molecule has 1 aliphatic rings. The van der Waals surface area contributed by atoms with Gasteiger partial charge in [-0.3, -0.25) is 4.79 Å². The second-order valence-corrected chi connectivity index (χ2v) is 10.4. The summed E-state index contributed by atoms with van der Waals surface area (Å²) in [4.78, 5) is 24.0. The average molecular weight is 515 g/mol. The number of esters is 1. The zero-order chi connectivity index (χ0) is 26.9. The summed E-state index contributed by atoms with van der Waals surface area (Å²) in [6.45, 7) is 5.30. The molecule has 38 heavy (non-hydrogen) atoms. The molecule has 5 nitrogen and oxygen atoms in total. The zero-order valence-corrected chi connectivity index (χ0v) is 22.4. The Balaban J connectivity index is 1.27. The first-order chi connectivity index (χ1) is 18.4. The van der Waals surface area contributed by atoms with Crippen LogP contribution in [0.5, 0.6) is 11.5 Å². The van der Waals surface area contributed by atoms with Crippen LogP contribution in [-0.2, 0) is 17.6 Å². The van der Waals surface area contributed by atoms with Crippen LogP contribution in [0.15, 0.2) is 66.7 Å². The number of rotatable bonds is 12. The molecule has 3 aromatic carbocycles. The lowest BCUT2D eigenvalue weighted by Gasteiger charge is -2.21. The topological polar surface area (TPSA) is 72.8 Å². The molecule has 200 valence electrons. The molecule has 0 bridgehead atoms. The molecule has 0 aliphatic heterocycles. The lowest BCUT2D eigenvalue weighted by atomic mass is 9.84. The van der Waals surface area contributed by atoms with Crippen LogP contribution in [0, 0.1) is 11.8 Å². The minimum absolute atomic E-state index is 0.340. The van der Waals surface area contributed by atoms with Crippen molar-refractivity contribution in [1.82, 2.24) is 0 Å². The van der Waals surface area contributed by atoms with Gasteiger partial charge in [0.1, 0.15) is 11.5 Å². The molecule has 0 spiro atoms. The Labute approximate surface area is 225 Å². The van der Waals surface area contributed by atoms with Gasteiger partial charge in [-0.25, -0.2) is 4.79 Å². The SMILES string of the molecule is CC[C@H](C)CCCCCOc1ccc(-c2ccc(C(=O)Oc3ccc4c(c3)CCC(C(=O)O)C4)cc2)cc1. The van der Waals surface area contributed by atoms with Crippen LogP contribution in [0.4, 0.5) is 0 Å². The van der Waals surface area contributed by atoms with E-state index >= 15 is 0 Å². The first-order valence-electron chi connectivity index (χ1n) is 13.8. The third kappa shape index (κ3) is 7.47. The summed E-state index contributed by atoms with van der Waals surface area (Å²) in [5.74, 6) is 0.666. The van der Waals surface area contributed by atoms with E-state index in [2.05, 4.69) is 13.8 Å². The van der Waals surface area contributed by atoms with Crippen molar-refractivity contribution >= 4 is 11.9 Å². The zero-order valence-electron chi connectivity index (χ0n) is 22.4. The number of carboxylic acids is 1. The molecule has 0 saturated carbocycles. The fourth-order valence-electron chi connectivity index (χ4n) is 4.88. The second kappa shape index (κ2) is 13.3. The van der Waals surface area contributed by atoms with Gasteiger partial charge in [0.25, 0.3) is 0 Å². The maximum atomic E-state index is 12.7. The molecule has 5 heteroatoms. The Bertz CT molecular complexity index is 1210. The van der Waals surface area contributed by atoms with Crippen LogP contribution in [-0.4, -0.2) is 23.7 Å². The highest BCUT2D eigenvalue weighted by atomic mass is 16.5. The number of ether oxygens (including phenoxy) is 2. The molecule has 0 heterocycles. The molecule has 3 aromatic rings. The Hall–Kier alpha value is -3.60. The Morgan fingerprint density at radius 3 is 2.26 bits per heavy atom. The highest BCUT2D eigenvalue weighted by molar-refractivity contribution is 5.91. The predicted octanol–water partition coefficient (Wildman–Crippen LogP) is 7.75. The molecule has 1 N–H and O–H groups in total. The Morgan fingerprint density at radius 2 is 1.58 bits per heavy atom. The maximum Gasteiger partial charge on any atom is 0.343 e. The molecule has 0 fully saturated rings. The van der Waals surface area contributed by atoms with Crippen molar-refractivity contribution < 1.29 is 24.2 Å². The minimum Gasteiger partial charge on any atom is -0.494 e. The van der Waals surface area contributed by atoms with Gasteiger partial charge in [-0.2, -0.15) is 0 Å². The molecule has 1 aliphatic carbocycles. The summed E-state index contributed by atoms with van der Waals surface area (Å²) >= 11 is 0. The van der Waals surface area contributed by atoms with E-state index in [4.69, 9.17) is 9.47 Å². The van der Waals surface area contributed by atoms with Gasteiger partial charge in [0.15, 0.2) is 0 Å². The standard InChI is InChI=1S/C33H38O5/c1-3-23(2)7-5-4-6-20-37-30-17-14-25(15-18-30)24-8-10-26(11-9-24)33(36)38-31-19-16-27-21-29(32(34)35)13-12-28(27)22-31/h8-11,14-19,22-23,29H,3-7,12-13,20-21H2,1-2H3,(H,34,35)/t23-,29?/m0/s1. The lowest BCUT2D eigenvalue weighted by Crippen LogP contribution is -2.22. The number of aliphatic carboxylic acids is 1. The molecule has 0 saturated heterocycles. The van der Waals surface area contributed by atoms with E-state index in [1.54, 1.807) is 18.2 Å². The average Bonchev–Trinajstić information content (AvgIpc) is 2.94. The lowest BCUT2D eigenvalue weighted by molar-refractivity contribution is -0.142. The third-order valence-electron chi connectivity index (χ3n) is 7.58. The van der Waals surface area contributed by atoms with E-state index in [-0.39, 0.29) is 5.92 Å². The highest BCUT2D eigenvalue weighted by Crippen LogP contribution is 2.29. The number of carboxylic acid groups (broad SMARTS) is 1. The van der Waals surface area contributed by atoms with Crippen molar-refractivity contribution in [2.45, 2.75) is 65.2 Å². The minimum atomic E-state index is -0.753. The van der Waals surface area contributed by atoms with Crippen LogP contribution in [0.2, 0.25) is 0 Å². The van der Waals surface area contributed by atoms with Crippen molar-refractivity contribution in [3.63, 3.8) is 0 Å². The molecule has 0 amide bonds. The van der Waals surface area contributed by atoms with Crippen molar-refractivity contribution in [3.05, 3.63) is 83.4 Å². The summed E-state index contributed by atoms with van der Waals surface area (Å²) < 4.78 is 11.5. The first-order valence-corrected chi connectivity index (χ1v) is 13.8. The third-order valence-corrected chi connectivity index (χ3v) is 7.58. The van der Waals surface area contributed by atoms with Crippen molar-refractivity contribution in [2.75, 3.05) is 6.61 Å². The number of aryl methyl sites for hydroxylation is 1. The molecule has 0 radical (unpaired) electrons. The number of unbranched alkanes of at least 4 members (excludes halogenated alkanes) is 2. The number of hydrogen-bond donors (Lipinski definition) is 1. The molecule has 4 rings (SSSR count). The molecular weight excluding hydrogens is 476 g/mol. The van der Waals surface area contributed by atoms with E-state index in [1.807, 2.05) is 48.5 Å². The van der Waals surface area contributed by atoms with Gasteiger partial charge >= 0.3 is 11.9 Å². The molecular formula is C33H38O5. The fraction of sp³-hybridized carbons (Fsp3) is 0.394. The Morgan fingerprint density at radius 1 is 0.895 bits per heavy atom. The van der Waals surface area contributed by atoms with Gasteiger partial charge in [0.05, 0.1) is 18.1 Å². The van der Waals surface area contributed by atoms with Crippen LogP contribution in [0.25, 0.3) is 11.1 Å². The summed E-state index contributed by atoms with van der Waals surface area (Å²) in [5, 5.41) is 9.27. The summed E-state index contributed by atoms with van der Waals surface area (Å²) in [6.07, 6.45) is 7.90. The highest BCUT2D eigenvalue weighted by Gasteiger charge is 2.24. The fourth-order valence-corrected chi connectivity index (χ4v) is 4.88. The van der Waals surface area contributed by atoms with E-state index in [9.17, 15) is 14.7 Å². The largest absolute Gasteiger partial charge is 0.494 e. The monoisotopic (exact) mass is 514 g/mol. The van der Waals surface area contributed by atoms with Crippen molar-refractivity contribution in [2.24, 2.45) is 11.8 Å². The number of fused-ring (bicyclic) bond motifs is 1. The van der Waals surface area contributed by atoms with Crippen LogP contribution < -0.4 is 9.47 Å². The van der Waals surface area contributed by atoms with Gasteiger partial charge in [0.2, 0.25) is 0 Å². The number of hydrogen-bond acceptors (Lipinski definition) is 4. The molecule has 1 unspecified atom stereocenters. The second-order valence-electron chi connectivity index (χ2n) is 10.4. The van der Waals surface area contributed by atoms with Crippen molar-refractivity contribution in [3.8, 4) is 22.6 Å². The van der Waals surface area contributed by atoms with Crippen LogP contribution in [0.1, 0.15) is 73.9 Å². The van der Waals surface area contributed by atoms with E-state index < -0.39 is 11.9 Å². The molecule has 0 aromatic heterocycles. The summed E-state index contributed by atoms with van der Waals surface area (Å²) in [6, 6.07) is 20.9. The quantitative estimate of drug-likeness (QED) is 0.152. The first kappa shape index (κ1) is 27.4. The predicted molar refractivity (Wildman–Crippen MR) is 150 cm³/mol. The van der Waals surface area contributed by atoms with Gasteiger partial charge in [-0.15, -0.1) is 0 Å². The van der Waals surface area contributed by atoms with Gasteiger partial charge in [-0.05, 0) is 90.3 Å². The van der Waals surface area contributed by atoms with Crippen LogP contribution >= 0.6 is 0 Å². The van der Waals surface area contributed by atoms with E-state index in [1.165, 1.54) is 25.7 Å². The van der Waals surface area contributed by atoms with Gasteiger partial charge in [0, 0.05) is 0 Å². The normalized spacial score (nSPS) is 15.4. The molecule has 2 atom stereocenters. The van der Waals surface area contributed by atoms with Gasteiger partial charge < -0.3 is 14.6 Å². The van der Waals surface area contributed by atoms with Gasteiger partial charge in [-0.1, -0.05) is 69.9 Å². The summed E-state index contributed by atoms with van der Waals surface area (Å²) in [7, 11) is 0. The van der Waals surface area contributed by atoms with E-state index in [0.29, 0.717) is 30.6 Å². The van der Waals surface area contributed by atoms with Crippen molar-refractivity contribution in [1.29, 1.82) is 0 Å². The van der Waals surface area contributed by atoms with E-state index in [0.717, 1.165) is 46.9 Å². The number of carbonyl (C=O) groups is 2. The Kier molecular flexibility index (Phi) is 9.58. The van der Waals surface area contributed by atoms with Crippen LogP contribution in [0.3, 0.4) is 0 Å².